The lowest BCUT2D eigenvalue weighted by molar-refractivity contribution is -0.116. The van der Waals surface area contributed by atoms with Crippen molar-refractivity contribution in [2.24, 2.45) is 5.73 Å². The number of rotatable bonds is 8. The number of nitrogens with one attached hydrogen (secondary N) is 1. The van der Waals surface area contributed by atoms with Gasteiger partial charge in [0.15, 0.2) is 0 Å². The van der Waals surface area contributed by atoms with Crippen molar-refractivity contribution in [1.29, 1.82) is 0 Å². The van der Waals surface area contributed by atoms with Crippen LogP contribution in [-0.2, 0) is 4.79 Å². The van der Waals surface area contributed by atoms with Gasteiger partial charge in [-0.15, -0.1) is 0 Å². The Morgan fingerprint density at radius 1 is 1.24 bits per heavy atom. The molecule has 4 heteroatoms. The number of aromatic nitrogens is 1. The van der Waals surface area contributed by atoms with E-state index in [9.17, 15) is 4.79 Å². The van der Waals surface area contributed by atoms with Crippen LogP contribution in [0.15, 0.2) is 18.2 Å². The summed E-state index contributed by atoms with van der Waals surface area (Å²) in [4.78, 5) is 16.1. The van der Waals surface area contributed by atoms with Gasteiger partial charge < -0.3 is 11.1 Å². The van der Waals surface area contributed by atoms with E-state index in [2.05, 4.69) is 29.1 Å². The Labute approximate surface area is 127 Å². The van der Waals surface area contributed by atoms with Crippen LogP contribution in [0.2, 0.25) is 0 Å². The summed E-state index contributed by atoms with van der Waals surface area (Å²) < 4.78 is 0. The highest BCUT2D eigenvalue weighted by molar-refractivity contribution is 5.89. The first-order valence-electron chi connectivity index (χ1n) is 7.72. The van der Waals surface area contributed by atoms with E-state index in [4.69, 9.17) is 5.73 Å². The summed E-state index contributed by atoms with van der Waals surface area (Å²) >= 11 is 0. The molecule has 0 aromatic carbocycles. The molecular weight excluding hydrogens is 262 g/mol. The van der Waals surface area contributed by atoms with Gasteiger partial charge in [0, 0.05) is 6.42 Å². The number of unbranched alkanes of at least 4 members (excludes halogenated alkanes) is 5. The lowest BCUT2D eigenvalue weighted by atomic mass is 10.1. The maximum Gasteiger partial charge on any atom is 0.225 e. The second kappa shape index (κ2) is 10.9. The molecule has 0 aliphatic rings. The van der Waals surface area contributed by atoms with Crippen molar-refractivity contribution in [2.45, 2.75) is 51.9 Å². The molecule has 1 amide bonds. The van der Waals surface area contributed by atoms with Crippen molar-refractivity contribution in [3.8, 4) is 11.8 Å². The summed E-state index contributed by atoms with van der Waals surface area (Å²) in [7, 11) is 0. The van der Waals surface area contributed by atoms with Gasteiger partial charge in [0.05, 0.1) is 6.54 Å². The second-order valence-corrected chi connectivity index (χ2v) is 4.98. The minimum Gasteiger partial charge on any atom is -0.320 e. The molecule has 0 radical (unpaired) electrons. The number of nitrogens with zero attached hydrogens (tertiary/aromatic N) is 1. The Kier molecular flexibility index (Phi) is 8.90. The molecule has 1 heterocycles. The molecule has 4 nitrogen and oxygen atoms in total. The van der Waals surface area contributed by atoms with Gasteiger partial charge >= 0.3 is 0 Å². The SMILES string of the molecule is CCCCCCCCC(=O)Nc1cccc(C#CCN)n1. The molecule has 0 saturated carbocycles. The summed E-state index contributed by atoms with van der Waals surface area (Å²) in [6.45, 7) is 2.50. The Bertz CT molecular complexity index is 488. The van der Waals surface area contributed by atoms with E-state index in [1.807, 2.05) is 6.07 Å². The van der Waals surface area contributed by atoms with E-state index in [-0.39, 0.29) is 5.91 Å². The molecule has 0 atom stereocenters. The van der Waals surface area contributed by atoms with Gasteiger partial charge in [0.2, 0.25) is 5.91 Å². The number of hydrogen-bond acceptors (Lipinski definition) is 3. The zero-order valence-electron chi connectivity index (χ0n) is 12.8. The Morgan fingerprint density at radius 2 is 2.00 bits per heavy atom. The fourth-order valence-corrected chi connectivity index (χ4v) is 1.99. The molecule has 0 unspecified atom stereocenters. The third-order valence-electron chi connectivity index (χ3n) is 3.09. The van der Waals surface area contributed by atoms with E-state index in [1.165, 1.54) is 25.7 Å². The Balaban J connectivity index is 2.31. The Hall–Kier alpha value is -1.86. The second-order valence-electron chi connectivity index (χ2n) is 4.98. The van der Waals surface area contributed by atoms with Crippen LogP contribution >= 0.6 is 0 Å². The number of anilines is 1. The van der Waals surface area contributed by atoms with E-state index < -0.39 is 0 Å². The number of carbonyl (C=O) groups is 1. The minimum absolute atomic E-state index is 0.0157. The van der Waals surface area contributed by atoms with Gasteiger partial charge in [-0.2, -0.15) is 0 Å². The lowest BCUT2D eigenvalue weighted by Gasteiger charge is -2.04. The average molecular weight is 287 g/mol. The van der Waals surface area contributed by atoms with Gasteiger partial charge in [-0.25, -0.2) is 4.98 Å². The quantitative estimate of drug-likeness (QED) is 0.570. The molecule has 0 bridgehead atoms. The van der Waals surface area contributed by atoms with Gasteiger partial charge in [0.25, 0.3) is 0 Å². The first-order chi connectivity index (χ1) is 10.3. The Morgan fingerprint density at radius 3 is 2.76 bits per heavy atom. The van der Waals surface area contributed by atoms with E-state index in [0.29, 0.717) is 24.5 Å². The average Bonchev–Trinajstić information content (AvgIpc) is 2.49. The van der Waals surface area contributed by atoms with Crippen LogP contribution in [0.25, 0.3) is 0 Å². The number of hydrogen-bond donors (Lipinski definition) is 2. The molecule has 3 N–H and O–H groups in total. The molecule has 0 fully saturated rings. The van der Waals surface area contributed by atoms with Crippen LogP contribution in [0.4, 0.5) is 5.82 Å². The predicted molar refractivity (Wildman–Crippen MR) is 86.8 cm³/mol. The van der Waals surface area contributed by atoms with Gasteiger partial charge in [-0.1, -0.05) is 51.0 Å². The van der Waals surface area contributed by atoms with E-state index >= 15 is 0 Å². The maximum absolute atomic E-state index is 11.8. The highest BCUT2D eigenvalue weighted by Gasteiger charge is 2.03. The van der Waals surface area contributed by atoms with E-state index in [0.717, 1.165) is 12.8 Å². The van der Waals surface area contributed by atoms with Crippen LogP contribution < -0.4 is 11.1 Å². The molecule has 0 saturated heterocycles. The summed E-state index contributed by atoms with van der Waals surface area (Å²) in [5.41, 5.74) is 5.95. The highest BCUT2D eigenvalue weighted by Crippen LogP contribution is 2.09. The number of amides is 1. The number of carbonyl (C=O) groups excluding carboxylic acids is 1. The minimum atomic E-state index is 0.0157. The molecule has 114 valence electrons. The third-order valence-corrected chi connectivity index (χ3v) is 3.09. The number of pyridine rings is 1. The zero-order valence-corrected chi connectivity index (χ0v) is 12.8. The van der Waals surface area contributed by atoms with Crippen LogP contribution in [-0.4, -0.2) is 17.4 Å². The summed E-state index contributed by atoms with van der Waals surface area (Å²) in [5.74, 6) is 6.17. The highest BCUT2D eigenvalue weighted by atomic mass is 16.1. The van der Waals surface area contributed by atoms with Gasteiger partial charge in [-0.3, -0.25) is 4.79 Å². The van der Waals surface area contributed by atoms with Crippen LogP contribution in [0.1, 0.15) is 57.6 Å². The summed E-state index contributed by atoms with van der Waals surface area (Å²) in [6, 6.07) is 5.40. The van der Waals surface area contributed by atoms with Crippen LogP contribution in [0.3, 0.4) is 0 Å². The fourth-order valence-electron chi connectivity index (χ4n) is 1.99. The van der Waals surface area contributed by atoms with Crippen molar-refractivity contribution in [1.82, 2.24) is 4.98 Å². The van der Waals surface area contributed by atoms with Crippen LogP contribution in [0, 0.1) is 11.8 Å². The molecule has 1 rings (SSSR count). The van der Waals surface area contributed by atoms with Gasteiger partial charge in [0.1, 0.15) is 11.5 Å². The first kappa shape index (κ1) is 17.2. The number of nitrogens with two attached hydrogens (primary N) is 1. The van der Waals surface area contributed by atoms with Crippen molar-refractivity contribution >= 4 is 11.7 Å². The zero-order chi connectivity index (χ0) is 15.3. The molecule has 0 spiro atoms. The van der Waals surface area contributed by atoms with Crippen molar-refractivity contribution in [2.75, 3.05) is 11.9 Å². The molecule has 1 aromatic rings. The van der Waals surface area contributed by atoms with Crippen molar-refractivity contribution < 1.29 is 4.79 Å². The monoisotopic (exact) mass is 287 g/mol. The largest absolute Gasteiger partial charge is 0.320 e. The van der Waals surface area contributed by atoms with Crippen LogP contribution in [0.5, 0.6) is 0 Å². The molecule has 0 aliphatic heterocycles. The van der Waals surface area contributed by atoms with Crippen molar-refractivity contribution in [3.05, 3.63) is 23.9 Å². The lowest BCUT2D eigenvalue weighted by Crippen LogP contribution is -2.12. The topological polar surface area (TPSA) is 68.0 Å². The standard InChI is InChI=1S/C17H25N3O/c1-2-3-4-5-6-7-13-17(21)20-16-12-8-10-15(19-16)11-9-14-18/h8,10,12H,2-7,13-14,18H2,1H3,(H,19,20,21). The molecule has 0 aliphatic carbocycles. The maximum atomic E-state index is 11.8. The molecule has 1 aromatic heterocycles. The van der Waals surface area contributed by atoms with Crippen molar-refractivity contribution in [3.63, 3.8) is 0 Å². The fraction of sp³-hybridized carbons (Fsp3) is 0.529. The van der Waals surface area contributed by atoms with Gasteiger partial charge in [-0.05, 0) is 24.5 Å². The normalized spacial score (nSPS) is 9.81. The molecular formula is C17H25N3O. The first-order valence-corrected chi connectivity index (χ1v) is 7.72. The predicted octanol–water partition coefficient (Wildman–Crippen LogP) is 3.08. The molecule has 21 heavy (non-hydrogen) atoms. The smallest absolute Gasteiger partial charge is 0.225 e. The third kappa shape index (κ3) is 8.11. The summed E-state index contributed by atoms with van der Waals surface area (Å²) in [6.07, 6.45) is 7.60. The summed E-state index contributed by atoms with van der Waals surface area (Å²) in [5, 5.41) is 2.81. The van der Waals surface area contributed by atoms with E-state index in [1.54, 1.807) is 12.1 Å².